The number of benzene rings is 2. The molecule has 0 atom stereocenters. The fraction of sp³-hybridized carbons (Fsp3) is 0.235. The van der Waals surface area contributed by atoms with Crippen LogP contribution in [0.3, 0.4) is 0 Å². The fourth-order valence-electron chi connectivity index (χ4n) is 2.30. The largest absolute Gasteiger partial charge is 0.496 e. The smallest absolute Gasteiger partial charge is 0.241 e. The lowest BCUT2D eigenvalue weighted by molar-refractivity contribution is 0.411. The van der Waals surface area contributed by atoms with E-state index in [2.05, 4.69) is 4.72 Å². The second-order valence-electron chi connectivity index (χ2n) is 5.06. The topological polar surface area (TPSA) is 79.2 Å². The van der Waals surface area contributed by atoms with Crippen molar-refractivity contribution >= 4 is 10.0 Å². The summed E-state index contributed by atoms with van der Waals surface area (Å²) < 4.78 is 32.3. The monoisotopic (exact) mass is 330 g/mol. The van der Waals surface area contributed by atoms with Crippen LogP contribution in [0.1, 0.15) is 16.7 Å². The van der Waals surface area contributed by atoms with Crippen molar-refractivity contribution in [3.8, 4) is 11.8 Å². The Morgan fingerprint density at radius 2 is 1.96 bits per heavy atom. The number of nitriles is 1. The molecule has 0 bridgehead atoms. The van der Waals surface area contributed by atoms with Gasteiger partial charge >= 0.3 is 0 Å². The van der Waals surface area contributed by atoms with Crippen LogP contribution in [-0.2, 0) is 16.4 Å². The van der Waals surface area contributed by atoms with Gasteiger partial charge in [-0.3, -0.25) is 0 Å². The lowest BCUT2D eigenvalue weighted by Crippen LogP contribution is -2.26. The minimum atomic E-state index is -3.69. The third-order valence-corrected chi connectivity index (χ3v) is 4.98. The van der Waals surface area contributed by atoms with Crippen LogP contribution in [-0.4, -0.2) is 22.1 Å². The summed E-state index contributed by atoms with van der Waals surface area (Å²) in [5.41, 5.74) is 2.16. The van der Waals surface area contributed by atoms with Crippen LogP contribution >= 0.6 is 0 Å². The lowest BCUT2D eigenvalue weighted by Gasteiger charge is -2.10. The van der Waals surface area contributed by atoms with Gasteiger partial charge in [0.25, 0.3) is 0 Å². The van der Waals surface area contributed by atoms with Crippen LogP contribution in [0.5, 0.6) is 5.75 Å². The van der Waals surface area contributed by atoms with Crippen molar-refractivity contribution < 1.29 is 13.2 Å². The zero-order valence-corrected chi connectivity index (χ0v) is 13.9. The first-order valence-corrected chi connectivity index (χ1v) is 8.58. The van der Waals surface area contributed by atoms with E-state index < -0.39 is 10.0 Å². The SMILES string of the molecule is COc1ccc(CCNS(=O)(=O)c2ccccc2C#N)cc1C. The Labute approximate surface area is 136 Å². The number of hydrogen-bond donors (Lipinski definition) is 1. The van der Waals surface area contributed by atoms with Crippen molar-refractivity contribution in [2.75, 3.05) is 13.7 Å². The van der Waals surface area contributed by atoms with E-state index >= 15 is 0 Å². The summed E-state index contributed by atoms with van der Waals surface area (Å²) in [6, 6.07) is 13.8. The highest BCUT2D eigenvalue weighted by Crippen LogP contribution is 2.19. The van der Waals surface area contributed by atoms with Crippen molar-refractivity contribution in [3.63, 3.8) is 0 Å². The number of rotatable bonds is 6. The molecule has 0 heterocycles. The highest BCUT2D eigenvalue weighted by molar-refractivity contribution is 7.89. The molecule has 0 aliphatic carbocycles. The molecule has 2 rings (SSSR count). The molecule has 0 spiro atoms. The molecule has 120 valence electrons. The Morgan fingerprint density at radius 3 is 2.61 bits per heavy atom. The Hall–Kier alpha value is -2.36. The van der Waals surface area contributed by atoms with E-state index in [1.807, 2.05) is 31.2 Å². The van der Waals surface area contributed by atoms with E-state index in [4.69, 9.17) is 10.00 Å². The molecule has 0 radical (unpaired) electrons. The van der Waals surface area contributed by atoms with Gasteiger partial charge in [0.05, 0.1) is 17.6 Å². The molecule has 0 fully saturated rings. The zero-order valence-electron chi connectivity index (χ0n) is 13.0. The Kier molecular flexibility index (Phi) is 5.37. The Balaban J connectivity index is 2.06. The van der Waals surface area contributed by atoms with Crippen LogP contribution in [0.4, 0.5) is 0 Å². The van der Waals surface area contributed by atoms with Gasteiger partial charge in [-0.15, -0.1) is 0 Å². The molecule has 0 aromatic heterocycles. The maximum Gasteiger partial charge on any atom is 0.241 e. The minimum absolute atomic E-state index is 0.00779. The zero-order chi connectivity index (χ0) is 16.9. The fourth-order valence-corrected chi connectivity index (χ4v) is 3.48. The molecule has 0 saturated carbocycles. The van der Waals surface area contributed by atoms with E-state index in [-0.39, 0.29) is 17.0 Å². The summed E-state index contributed by atoms with van der Waals surface area (Å²) in [5.74, 6) is 0.803. The van der Waals surface area contributed by atoms with E-state index in [1.54, 1.807) is 19.2 Å². The second-order valence-corrected chi connectivity index (χ2v) is 6.80. The number of aryl methyl sites for hydroxylation is 1. The first kappa shape index (κ1) is 17.0. The van der Waals surface area contributed by atoms with E-state index in [0.717, 1.165) is 16.9 Å². The number of hydrogen-bond acceptors (Lipinski definition) is 4. The maximum atomic E-state index is 12.3. The van der Waals surface area contributed by atoms with Crippen molar-refractivity contribution in [1.82, 2.24) is 4.72 Å². The van der Waals surface area contributed by atoms with E-state index in [1.165, 1.54) is 12.1 Å². The second kappa shape index (κ2) is 7.27. The van der Waals surface area contributed by atoms with Crippen LogP contribution in [0.15, 0.2) is 47.4 Å². The van der Waals surface area contributed by atoms with Gasteiger partial charge in [-0.25, -0.2) is 13.1 Å². The van der Waals surface area contributed by atoms with Crippen LogP contribution in [0.2, 0.25) is 0 Å². The average Bonchev–Trinajstić information content (AvgIpc) is 2.55. The number of nitrogens with zero attached hydrogens (tertiary/aromatic N) is 1. The Morgan fingerprint density at radius 1 is 1.22 bits per heavy atom. The predicted molar refractivity (Wildman–Crippen MR) is 87.8 cm³/mol. The van der Waals surface area contributed by atoms with Crippen molar-refractivity contribution in [2.24, 2.45) is 0 Å². The van der Waals surface area contributed by atoms with Gasteiger partial charge in [0, 0.05) is 6.54 Å². The summed E-state index contributed by atoms with van der Waals surface area (Å²) >= 11 is 0. The molecule has 0 saturated heterocycles. The molecule has 0 aliphatic heterocycles. The molecule has 23 heavy (non-hydrogen) atoms. The highest BCUT2D eigenvalue weighted by atomic mass is 32.2. The van der Waals surface area contributed by atoms with Gasteiger partial charge < -0.3 is 4.74 Å². The third-order valence-electron chi connectivity index (χ3n) is 3.46. The van der Waals surface area contributed by atoms with Crippen molar-refractivity contribution in [3.05, 3.63) is 59.2 Å². The molecular formula is C17H18N2O3S. The normalized spacial score (nSPS) is 11.0. The molecule has 5 nitrogen and oxygen atoms in total. The molecule has 0 aliphatic rings. The van der Waals surface area contributed by atoms with Gasteiger partial charge in [-0.2, -0.15) is 5.26 Å². The van der Waals surface area contributed by atoms with Gasteiger partial charge in [0.1, 0.15) is 11.8 Å². The number of methoxy groups -OCH3 is 1. The number of nitrogens with one attached hydrogen (secondary N) is 1. The summed E-state index contributed by atoms with van der Waals surface area (Å²) in [4.78, 5) is 0.00779. The van der Waals surface area contributed by atoms with Crippen molar-refractivity contribution in [1.29, 1.82) is 5.26 Å². The van der Waals surface area contributed by atoms with Crippen LogP contribution in [0, 0.1) is 18.3 Å². The average molecular weight is 330 g/mol. The standard InChI is InChI=1S/C17H18N2O3S/c1-13-11-14(7-8-16(13)22-2)9-10-19-23(20,21)17-6-4-3-5-15(17)12-18/h3-8,11,19H,9-10H2,1-2H3. The minimum Gasteiger partial charge on any atom is -0.496 e. The molecule has 0 unspecified atom stereocenters. The predicted octanol–water partition coefficient (Wildman–Crippen LogP) is 2.40. The first-order chi connectivity index (χ1) is 11.0. The van der Waals surface area contributed by atoms with Crippen LogP contribution in [0.25, 0.3) is 0 Å². The molecular weight excluding hydrogens is 312 g/mol. The van der Waals surface area contributed by atoms with Gasteiger partial charge in [0.2, 0.25) is 10.0 Å². The van der Waals surface area contributed by atoms with Gasteiger partial charge in [-0.05, 0) is 42.7 Å². The van der Waals surface area contributed by atoms with Crippen molar-refractivity contribution in [2.45, 2.75) is 18.2 Å². The summed E-state index contributed by atoms with van der Waals surface area (Å²) in [7, 11) is -2.08. The summed E-state index contributed by atoms with van der Waals surface area (Å²) in [5, 5.41) is 9.01. The number of sulfonamides is 1. The quantitative estimate of drug-likeness (QED) is 0.882. The highest BCUT2D eigenvalue weighted by Gasteiger charge is 2.17. The maximum absolute atomic E-state index is 12.3. The van der Waals surface area contributed by atoms with Gasteiger partial charge in [0.15, 0.2) is 0 Å². The first-order valence-electron chi connectivity index (χ1n) is 7.10. The van der Waals surface area contributed by atoms with E-state index in [9.17, 15) is 8.42 Å². The summed E-state index contributed by atoms with van der Waals surface area (Å²) in [6.45, 7) is 2.20. The molecule has 2 aromatic carbocycles. The van der Waals surface area contributed by atoms with E-state index in [0.29, 0.717) is 6.42 Å². The molecule has 2 aromatic rings. The molecule has 6 heteroatoms. The lowest BCUT2D eigenvalue weighted by atomic mass is 10.1. The van der Waals surface area contributed by atoms with Crippen LogP contribution < -0.4 is 9.46 Å². The Bertz CT molecular complexity index is 839. The molecule has 0 amide bonds. The molecule has 1 N–H and O–H groups in total. The summed E-state index contributed by atoms with van der Waals surface area (Å²) in [6.07, 6.45) is 0.554. The third kappa shape index (κ3) is 4.09. The number of ether oxygens (including phenoxy) is 1. The van der Waals surface area contributed by atoms with Gasteiger partial charge in [-0.1, -0.05) is 24.3 Å².